The maximum absolute atomic E-state index is 12.2. The number of pyridine rings is 1. The zero-order chi connectivity index (χ0) is 17.5. The highest BCUT2D eigenvalue weighted by Crippen LogP contribution is 2.16. The summed E-state index contributed by atoms with van der Waals surface area (Å²) in [6.07, 6.45) is 3.47. The highest BCUT2D eigenvalue weighted by Gasteiger charge is 2.10. The quantitative estimate of drug-likeness (QED) is 0.849. The maximum Gasteiger partial charge on any atom is 0.251 e. The van der Waals surface area contributed by atoms with Gasteiger partial charge in [0.25, 0.3) is 5.91 Å². The van der Waals surface area contributed by atoms with Crippen molar-refractivity contribution in [2.75, 3.05) is 26.0 Å². The molecule has 2 amide bonds. The number of nitrogens with zero attached hydrogens (tertiary/aromatic N) is 2. The first kappa shape index (κ1) is 17.6. The summed E-state index contributed by atoms with van der Waals surface area (Å²) in [6.45, 7) is 2.81. The molecule has 0 bridgehead atoms. The normalized spacial score (nSPS) is 10.5. The number of rotatable bonds is 6. The van der Waals surface area contributed by atoms with Gasteiger partial charge < -0.3 is 10.6 Å². The number of benzene rings is 1. The van der Waals surface area contributed by atoms with E-state index < -0.39 is 0 Å². The molecular weight excluding hydrogens is 304 g/mol. The van der Waals surface area contributed by atoms with Crippen molar-refractivity contribution < 1.29 is 9.59 Å². The Morgan fingerprint density at radius 1 is 1.17 bits per heavy atom. The molecule has 126 valence electrons. The Balaban J connectivity index is 1.93. The van der Waals surface area contributed by atoms with Crippen LogP contribution in [0.15, 0.2) is 42.7 Å². The van der Waals surface area contributed by atoms with Crippen LogP contribution in [-0.2, 0) is 11.3 Å². The van der Waals surface area contributed by atoms with Gasteiger partial charge in [-0.25, -0.2) is 0 Å². The van der Waals surface area contributed by atoms with Crippen molar-refractivity contribution in [2.24, 2.45) is 0 Å². The predicted octanol–water partition coefficient (Wildman–Crippen LogP) is 1.82. The number of carbonyl (C=O) groups is 2. The van der Waals surface area contributed by atoms with Gasteiger partial charge >= 0.3 is 0 Å². The van der Waals surface area contributed by atoms with Crippen molar-refractivity contribution in [3.05, 3.63) is 59.4 Å². The number of hydrogen-bond donors (Lipinski definition) is 2. The van der Waals surface area contributed by atoms with Gasteiger partial charge in [0, 0.05) is 37.2 Å². The van der Waals surface area contributed by atoms with Crippen LogP contribution in [0.25, 0.3) is 0 Å². The number of nitrogens with one attached hydrogen (secondary N) is 2. The number of aromatic nitrogens is 1. The van der Waals surface area contributed by atoms with Crippen molar-refractivity contribution in [1.82, 2.24) is 15.2 Å². The smallest absolute Gasteiger partial charge is 0.251 e. The van der Waals surface area contributed by atoms with E-state index in [1.807, 2.05) is 31.0 Å². The molecule has 0 unspecified atom stereocenters. The number of likely N-dealkylation sites (N-methyl/N-ethyl adjacent to an activating group) is 1. The molecule has 1 heterocycles. The lowest BCUT2D eigenvalue weighted by Gasteiger charge is -2.17. The van der Waals surface area contributed by atoms with E-state index in [0.29, 0.717) is 17.8 Å². The molecule has 6 nitrogen and oxygen atoms in total. The summed E-state index contributed by atoms with van der Waals surface area (Å²) in [6, 6.07) is 9.06. The summed E-state index contributed by atoms with van der Waals surface area (Å²) in [5, 5.41) is 5.47. The van der Waals surface area contributed by atoms with Crippen LogP contribution in [0.5, 0.6) is 0 Å². The zero-order valence-corrected chi connectivity index (χ0v) is 14.2. The van der Waals surface area contributed by atoms with Crippen molar-refractivity contribution in [3.8, 4) is 0 Å². The molecule has 2 aromatic rings. The molecule has 0 saturated heterocycles. The number of amides is 2. The van der Waals surface area contributed by atoms with Gasteiger partial charge in [0.15, 0.2) is 0 Å². The lowest BCUT2D eigenvalue weighted by molar-refractivity contribution is -0.117. The van der Waals surface area contributed by atoms with E-state index in [1.165, 1.54) is 0 Å². The van der Waals surface area contributed by atoms with Crippen LogP contribution >= 0.6 is 0 Å². The number of aryl methyl sites for hydroxylation is 1. The van der Waals surface area contributed by atoms with Gasteiger partial charge in [-0.2, -0.15) is 0 Å². The van der Waals surface area contributed by atoms with Crippen LogP contribution in [-0.4, -0.2) is 42.3 Å². The maximum atomic E-state index is 12.2. The van der Waals surface area contributed by atoms with Crippen molar-refractivity contribution in [1.29, 1.82) is 0 Å². The predicted molar refractivity (Wildman–Crippen MR) is 93.8 cm³/mol. The second-order valence-electron chi connectivity index (χ2n) is 5.68. The molecular formula is C18H22N4O2. The van der Waals surface area contributed by atoms with Crippen molar-refractivity contribution in [3.63, 3.8) is 0 Å². The first-order valence-corrected chi connectivity index (χ1v) is 7.69. The standard InChI is InChI=1S/C18H22N4O2/c1-13-10-15(18(24)19-2)4-5-16(13)21-17(23)12-22(3)11-14-6-8-20-9-7-14/h4-10H,11-12H2,1-3H3,(H,19,24)(H,21,23). The van der Waals surface area contributed by atoms with Gasteiger partial charge in [0.2, 0.25) is 5.91 Å². The molecule has 0 spiro atoms. The fourth-order valence-electron chi connectivity index (χ4n) is 2.38. The Kier molecular flexibility index (Phi) is 6.03. The van der Waals surface area contributed by atoms with Gasteiger partial charge in [0.1, 0.15) is 0 Å². The third kappa shape index (κ3) is 4.89. The molecule has 1 aromatic heterocycles. The third-order valence-corrected chi connectivity index (χ3v) is 3.61. The Morgan fingerprint density at radius 3 is 2.50 bits per heavy atom. The van der Waals surface area contributed by atoms with E-state index in [-0.39, 0.29) is 18.4 Å². The number of hydrogen-bond acceptors (Lipinski definition) is 4. The fourth-order valence-corrected chi connectivity index (χ4v) is 2.38. The molecule has 0 aliphatic carbocycles. The Labute approximate surface area is 141 Å². The highest BCUT2D eigenvalue weighted by atomic mass is 16.2. The molecule has 2 rings (SSSR count). The van der Waals surface area contributed by atoms with Crippen LogP contribution in [0.4, 0.5) is 5.69 Å². The molecule has 0 saturated carbocycles. The van der Waals surface area contributed by atoms with E-state index in [2.05, 4.69) is 15.6 Å². The van der Waals surface area contributed by atoms with E-state index in [1.54, 1.807) is 37.6 Å². The lowest BCUT2D eigenvalue weighted by Crippen LogP contribution is -2.30. The van der Waals surface area contributed by atoms with Gasteiger partial charge in [-0.3, -0.25) is 19.5 Å². The average molecular weight is 326 g/mol. The monoisotopic (exact) mass is 326 g/mol. The molecule has 1 aromatic carbocycles. The van der Waals surface area contributed by atoms with Gasteiger partial charge in [-0.15, -0.1) is 0 Å². The minimum atomic E-state index is -0.145. The first-order valence-electron chi connectivity index (χ1n) is 7.69. The first-order chi connectivity index (χ1) is 11.5. The van der Waals surface area contributed by atoms with Crippen molar-refractivity contribution >= 4 is 17.5 Å². The van der Waals surface area contributed by atoms with Crippen LogP contribution < -0.4 is 10.6 Å². The van der Waals surface area contributed by atoms with Gasteiger partial charge in [-0.05, 0) is 55.4 Å². The Hall–Kier alpha value is -2.73. The van der Waals surface area contributed by atoms with Crippen LogP contribution in [0.3, 0.4) is 0 Å². The third-order valence-electron chi connectivity index (χ3n) is 3.61. The van der Waals surface area contributed by atoms with Crippen LogP contribution in [0, 0.1) is 6.92 Å². The summed E-state index contributed by atoms with van der Waals surface area (Å²) in [5.74, 6) is -0.240. The summed E-state index contributed by atoms with van der Waals surface area (Å²) < 4.78 is 0. The molecule has 24 heavy (non-hydrogen) atoms. The summed E-state index contributed by atoms with van der Waals surface area (Å²) >= 11 is 0. The van der Waals surface area contributed by atoms with Crippen molar-refractivity contribution in [2.45, 2.75) is 13.5 Å². The molecule has 0 radical (unpaired) electrons. The summed E-state index contributed by atoms with van der Waals surface area (Å²) in [4.78, 5) is 29.7. The summed E-state index contributed by atoms with van der Waals surface area (Å²) in [5.41, 5.74) is 3.24. The fraction of sp³-hybridized carbons (Fsp3) is 0.278. The lowest BCUT2D eigenvalue weighted by atomic mass is 10.1. The zero-order valence-electron chi connectivity index (χ0n) is 14.2. The Morgan fingerprint density at radius 2 is 1.88 bits per heavy atom. The minimum Gasteiger partial charge on any atom is -0.355 e. The van der Waals surface area contributed by atoms with Crippen LogP contribution in [0.2, 0.25) is 0 Å². The largest absolute Gasteiger partial charge is 0.355 e. The van der Waals surface area contributed by atoms with Crippen LogP contribution in [0.1, 0.15) is 21.5 Å². The molecule has 6 heteroatoms. The topological polar surface area (TPSA) is 74.3 Å². The van der Waals surface area contributed by atoms with E-state index in [9.17, 15) is 9.59 Å². The Bertz CT molecular complexity index is 716. The second-order valence-corrected chi connectivity index (χ2v) is 5.68. The van der Waals surface area contributed by atoms with E-state index >= 15 is 0 Å². The number of anilines is 1. The molecule has 0 aliphatic rings. The summed E-state index contributed by atoms with van der Waals surface area (Å²) in [7, 11) is 3.48. The molecule has 2 N–H and O–H groups in total. The SMILES string of the molecule is CNC(=O)c1ccc(NC(=O)CN(C)Cc2ccncc2)c(C)c1. The molecule has 0 fully saturated rings. The number of carbonyl (C=O) groups excluding carboxylic acids is 2. The van der Waals surface area contributed by atoms with Gasteiger partial charge in [-0.1, -0.05) is 0 Å². The second kappa shape index (κ2) is 8.21. The molecule has 0 aliphatic heterocycles. The van der Waals surface area contributed by atoms with E-state index in [0.717, 1.165) is 11.1 Å². The van der Waals surface area contributed by atoms with Gasteiger partial charge in [0.05, 0.1) is 6.54 Å². The average Bonchev–Trinajstić information content (AvgIpc) is 2.56. The highest BCUT2D eigenvalue weighted by molar-refractivity contribution is 5.96. The van der Waals surface area contributed by atoms with E-state index in [4.69, 9.17) is 0 Å². The minimum absolute atomic E-state index is 0.0950. The molecule has 0 atom stereocenters.